The molecule has 0 bridgehead atoms. The van der Waals surface area contributed by atoms with Crippen LogP contribution in [-0.2, 0) is 6.42 Å². The van der Waals surface area contributed by atoms with Gasteiger partial charge in [0.2, 0.25) is 0 Å². The Bertz CT molecular complexity index is 550. The third kappa shape index (κ3) is 2.55. The summed E-state index contributed by atoms with van der Waals surface area (Å²) in [4.78, 5) is 6.29. The molecule has 2 rings (SSSR count). The predicted molar refractivity (Wildman–Crippen MR) is 76.6 cm³/mol. The lowest BCUT2D eigenvalue weighted by atomic mass is 10.1. The normalized spacial score (nSPS) is 11.8. The zero-order valence-corrected chi connectivity index (χ0v) is 11.6. The highest BCUT2D eigenvalue weighted by Gasteiger charge is 2.09. The molecule has 0 atom stereocenters. The minimum atomic E-state index is 0.461. The van der Waals surface area contributed by atoms with Crippen LogP contribution in [0.4, 0.5) is 0 Å². The van der Waals surface area contributed by atoms with Crippen LogP contribution in [0, 0.1) is 0 Å². The predicted octanol–water partition coefficient (Wildman–Crippen LogP) is 3.24. The highest BCUT2D eigenvalue weighted by atomic mass is 15.0. The van der Waals surface area contributed by atoms with Crippen molar-refractivity contribution in [3.05, 3.63) is 42.5 Å². The van der Waals surface area contributed by atoms with Gasteiger partial charge in [-0.2, -0.15) is 0 Å². The average molecular weight is 243 g/mol. The third-order valence-corrected chi connectivity index (χ3v) is 3.02. The number of nitrogens with zero attached hydrogens (tertiary/aromatic N) is 3. The van der Waals surface area contributed by atoms with E-state index in [4.69, 9.17) is 0 Å². The van der Waals surface area contributed by atoms with Crippen LogP contribution in [0.5, 0.6) is 0 Å². The van der Waals surface area contributed by atoms with E-state index in [0.717, 1.165) is 6.42 Å². The summed E-state index contributed by atoms with van der Waals surface area (Å²) in [7, 11) is 4.08. The van der Waals surface area contributed by atoms with Crippen LogP contribution in [0.2, 0.25) is 0 Å². The molecule has 0 aliphatic rings. The summed E-state index contributed by atoms with van der Waals surface area (Å²) in [6.45, 7) is 4.40. The van der Waals surface area contributed by atoms with Crippen LogP contribution in [0.25, 0.3) is 10.9 Å². The van der Waals surface area contributed by atoms with Gasteiger partial charge in [-0.3, -0.25) is 4.98 Å². The van der Waals surface area contributed by atoms with Gasteiger partial charge in [0.15, 0.2) is 0 Å². The summed E-state index contributed by atoms with van der Waals surface area (Å²) < 4.78 is 2.29. The maximum Gasteiger partial charge on any atom is 0.0672 e. The Kier molecular flexibility index (Phi) is 3.70. The second-order valence-corrected chi connectivity index (χ2v) is 5.10. The second kappa shape index (κ2) is 5.25. The molecule has 0 unspecified atom stereocenters. The van der Waals surface area contributed by atoms with E-state index in [9.17, 15) is 0 Å². The zero-order chi connectivity index (χ0) is 13.1. The van der Waals surface area contributed by atoms with Gasteiger partial charge >= 0.3 is 0 Å². The van der Waals surface area contributed by atoms with Crippen molar-refractivity contribution in [2.75, 3.05) is 14.1 Å². The Labute approximate surface area is 109 Å². The molecular formula is C15H21N3. The van der Waals surface area contributed by atoms with Crippen LogP contribution in [0.3, 0.4) is 0 Å². The topological polar surface area (TPSA) is 21.1 Å². The highest BCUT2D eigenvalue weighted by molar-refractivity contribution is 5.83. The molecule has 3 nitrogen and oxygen atoms in total. The monoisotopic (exact) mass is 243 g/mol. The molecule has 0 radical (unpaired) electrons. The number of rotatable bonds is 4. The van der Waals surface area contributed by atoms with Crippen molar-refractivity contribution in [2.45, 2.75) is 26.3 Å². The lowest BCUT2D eigenvalue weighted by Gasteiger charge is -2.07. The molecule has 0 amide bonds. The highest BCUT2D eigenvalue weighted by Crippen LogP contribution is 2.24. The fourth-order valence-corrected chi connectivity index (χ4v) is 2.15. The molecule has 18 heavy (non-hydrogen) atoms. The summed E-state index contributed by atoms with van der Waals surface area (Å²) in [5.41, 5.74) is 2.58. The summed E-state index contributed by atoms with van der Waals surface area (Å²) in [6.07, 6.45) is 11.3. The van der Waals surface area contributed by atoms with Crippen molar-refractivity contribution < 1.29 is 0 Å². The Morgan fingerprint density at radius 2 is 2.17 bits per heavy atom. The van der Waals surface area contributed by atoms with E-state index in [1.54, 1.807) is 0 Å². The van der Waals surface area contributed by atoms with Crippen molar-refractivity contribution in [3.8, 4) is 0 Å². The van der Waals surface area contributed by atoms with Crippen LogP contribution >= 0.6 is 0 Å². The quantitative estimate of drug-likeness (QED) is 0.822. The summed E-state index contributed by atoms with van der Waals surface area (Å²) in [5.74, 6) is 0. The third-order valence-electron chi connectivity index (χ3n) is 3.02. The minimum absolute atomic E-state index is 0.461. The smallest absolute Gasteiger partial charge is 0.0672 e. The molecule has 2 heterocycles. The number of pyridine rings is 1. The fraction of sp³-hybridized carbons (Fsp3) is 0.400. The molecule has 0 aromatic carbocycles. The number of hydrogen-bond donors (Lipinski definition) is 0. The number of fused-ring (bicyclic) bond motifs is 1. The Balaban J connectivity index is 2.39. The fourth-order valence-electron chi connectivity index (χ4n) is 2.15. The van der Waals surface area contributed by atoms with Crippen molar-refractivity contribution in [1.82, 2.24) is 14.5 Å². The van der Waals surface area contributed by atoms with Gasteiger partial charge in [0.25, 0.3) is 0 Å². The van der Waals surface area contributed by atoms with Gasteiger partial charge in [0.1, 0.15) is 0 Å². The molecule has 0 saturated heterocycles. The van der Waals surface area contributed by atoms with Crippen LogP contribution in [-0.4, -0.2) is 28.5 Å². The molecule has 2 aromatic heterocycles. The molecule has 96 valence electrons. The van der Waals surface area contributed by atoms with Gasteiger partial charge in [0.05, 0.1) is 11.7 Å². The Hall–Kier alpha value is -1.77. The standard InChI is InChI=1S/C15H21N3/c1-12(2)18-11-13(6-5-9-17(3)4)14-7-8-16-10-15(14)18/h5,7-12H,6H2,1-4H3/b9-5+. The van der Waals surface area contributed by atoms with Gasteiger partial charge in [-0.1, -0.05) is 6.08 Å². The lowest BCUT2D eigenvalue weighted by molar-refractivity contribution is 0.562. The van der Waals surface area contributed by atoms with Crippen molar-refractivity contribution >= 4 is 10.9 Å². The van der Waals surface area contributed by atoms with E-state index in [1.165, 1.54) is 16.5 Å². The largest absolute Gasteiger partial charge is 0.384 e. The second-order valence-electron chi connectivity index (χ2n) is 5.10. The molecule has 0 N–H and O–H groups in total. The van der Waals surface area contributed by atoms with Crippen LogP contribution in [0.15, 0.2) is 36.9 Å². The van der Waals surface area contributed by atoms with Crippen molar-refractivity contribution in [1.29, 1.82) is 0 Å². The van der Waals surface area contributed by atoms with Gasteiger partial charge in [-0.25, -0.2) is 0 Å². The number of hydrogen-bond acceptors (Lipinski definition) is 2. The molecule has 0 spiro atoms. The van der Waals surface area contributed by atoms with E-state index < -0.39 is 0 Å². The molecule has 0 aliphatic heterocycles. The first-order valence-corrected chi connectivity index (χ1v) is 6.36. The zero-order valence-electron chi connectivity index (χ0n) is 11.6. The molecule has 2 aromatic rings. The van der Waals surface area contributed by atoms with E-state index in [1.807, 2.05) is 26.5 Å². The average Bonchev–Trinajstić information content (AvgIpc) is 2.68. The minimum Gasteiger partial charge on any atom is -0.384 e. The van der Waals surface area contributed by atoms with E-state index in [-0.39, 0.29) is 0 Å². The van der Waals surface area contributed by atoms with Gasteiger partial charge in [0, 0.05) is 37.9 Å². The first kappa shape index (κ1) is 12.7. The summed E-state index contributed by atoms with van der Waals surface area (Å²) >= 11 is 0. The summed E-state index contributed by atoms with van der Waals surface area (Å²) in [6, 6.07) is 2.57. The lowest BCUT2D eigenvalue weighted by Crippen LogP contribution is -2.00. The number of allylic oxidation sites excluding steroid dienone is 1. The summed E-state index contributed by atoms with van der Waals surface area (Å²) in [5, 5.41) is 1.31. The van der Waals surface area contributed by atoms with Crippen LogP contribution in [0.1, 0.15) is 25.5 Å². The molecule has 0 saturated carbocycles. The maximum atomic E-state index is 4.23. The Morgan fingerprint density at radius 3 is 2.83 bits per heavy atom. The van der Waals surface area contributed by atoms with E-state index in [0.29, 0.717) is 6.04 Å². The molecule has 0 fully saturated rings. The van der Waals surface area contributed by atoms with Crippen molar-refractivity contribution in [2.24, 2.45) is 0 Å². The van der Waals surface area contributed by atoms with E-state index >= 15 is 0 Å². The maximum absolute atomic E-state index is 4.23. The SMILES string of the molecule is CC(C)n1cc(C/C=C/N(C)C)c2ccncc21. The molecule has 3 heteroatoms. The number of aromatic nitrogens is 2. The van der Waals surface area contributed by atoms with Gasteiger partial charge in [-0.15, -0.1) is 0 Å². The van der Waals surface area contributed by atoms with E-state index in [2.05, 4.69) is 52.8 Å². The molecular weight excluding hydrogens is 222 g/mol. The Morgan fingerprint density at radius 1 is 1.39 bits per heavy atom. The van der Waals surface area contributed by atoms with Crippen molar-refractivity contribution in [3.63, 3.8) is 0 Å². The first-order chi connectivity index (χ1) is 8.59. The molecule has 0 aliphatic carbocycles. The van der Waals surface area contributed by atoms with Crippen LogP contribution < -0.4 is 0 Å². The van der Waals surface area contributed by atoms with Gasteiger partial charge < -0.3 is 9.47 Å². The first-order valence-electron chi connectivity index (χ1n) is 6.36. The van der Waals surface area contributed by atoms with Gasteiger partial charge in [-0.05, 0) is 38.1 Å².